The van der Waals surface area contributed by atoms with E-state index < -0.39 is 0 Å². The van der Waals surface area contributed by atoms with Crippen molar-refractivity contribution in [3.05, 3.63) is 52.8 Å². The van der Waals surface area contributed by atoms with Crippen LogP contribution in [0.5, 0.6) is 0 Å². The molecule has 0 saturated heterocycles. The maximum atomic E-state index is 4.70. The smallest absolute Gasteiger partial charge is 0.116 e. The Morgan fingerprint density at radius 3 is 2.84 bits per heavy atom. The molecule has 0 spiro atoms. The lowest BCUT2D eigenvalue weighted by Crippen LogP contribution is -2.04. The summed E-state index contributed by atoms with van der Waals surface area (Å²) in [7, 11) is 0. The predicted octanol–water partition coefficient (Wildman–Crippen LogP) is 3.20. The van der Waals surface area contributed by atoms with Gasteiger partial charge in [0.15, 0.2) is 0 Å². The van der Waals surface area contributed by atoms with Crippen LogP contribution in [0.25, 0.3) is 11.0 Å². The highest BCUT2D eigenvalue weighted by Gasteiger charge is 2.10. The van der Waals surface area contributed by atoms with Gasteiger partial charge in [0.1, 0.15) is 16.8 Å². The SMILES string of the molecule is CCn1c(Cc2cc(Br)ncn2)nc2ccccc21. The molecule has 0 bridgehead atoms. The lowest BCUT2D eigenvalue weighted by molar-refractivity contribution is 0.728. The van der Waals surface area contributed by atoms with Crippen molar-refractivity contribution in [1.82, 2.24) is 19.5 Å². The van der Waals surface area contributed by atoms with Crippen LogP contribution in [-0.4, -0.2) is 19.5 Å². The van der Waals surface area contributed by atoms with Gasteiger partial charge in [-0.05, 0) is 41.1 Å². The normalized spacial score (nSPS) is 11.1. The summed E-state index contributed by atoms with van der Waals surface area (Å²) in [4.78, 5) is 13.0. The number of hydrogen-bond acceptors (Lipinski definition) is 3. The van der Waals surface area contributed by atoms with Crippen molar-refractivity contribution >= 4 is 27.0 Å². The minimum absolute atomic E-state index is 0.712. The first kappa shape index (κ1) is 12.3. The Bertz CT molecular complexity index is 720. The molecule has 0 amide bonds. The Hall–Kier alpha value is -1.75. The third-order valence-electron chi connectivity index (χ3n) is 3.08. The van der Waals surface area contributed by atoms with E-state index in [0.29, 0.717) is 6.42 Å². The van der Waals surface area contributed by atoms with Gasteiger partial charge >= 0.3 is 0 Å². The van der Waals surface area contributed by atoms with Gasteiger partial charge in [-0.15, -0.1) is 0 Å². The molecular weight excluding hydrogens is 304 g/mol. The van der Waals surface area contributed by atoms with Crippen molar-refractivity contribution in [2.24, 2.45) is 0 Å². The zero-order valence-corrected chi connectivity index (χ0v) is 12.1. The van der Waals surface area contributed by atoms with Crippen LogP contribution in [0.2, 0.25) is 0 Å². The van der Waals surface area contributed by atoms with E-state index in [1.54, 1.807) is 6.33 Å². The Morgan fingerprint density at radius 1 is 1.21 bits per heavy atom. The number of imidazole rings is 1. The fourth-order valence-electron chi connectivity index (χ4n) is 2.24. The largest absolute Gasteiger partial charge is 0.328 e. The number of aromatic nitrogens is 4. The molecule has 2 heterocycles. The zero-order chi connectivity index (χ0) is 13.2. The van der Waals surface area contributed by atoms with Gasteiger partial charge in [0, 0.05) is 13.0 Å². The maximum Gasteiger partial charge on any atom is 0.116 e. The molecule has 0 saturated carbocycles. The molecule has 1 aromatic carbocycles. The van der Waals surface area contributed by atoms with Crippen molar-refractivity contribution in [2.75, 3.05) is 0 Å². The van der Waals surface area contributed by atoms with Gasteiger partial charge in [0.2, 0.25) is 0 Å². The first-order chi connectivity index (χ1) is 9.28. The Morgan fingerprint density at radius 2 is 2.05 bits per heavy atom. The molecule has 4 nitrogen and oxygen atoms in total. The number of hydrogen-bond donors (Lipinski definition) is 0. The van der Waals surface area contributed by atoms with Gasteiger partial charge in [0.25, 0.3) is 0 Å². The highest BCUT2D eigenvalue weighted by molar-refractivity contribution is 9.10. The molecule has 19 heavy (non-hydrogen) atoms. The quantitative estimate of drug-likeness (QED) is 0.697. The van der Waals surface area contributed by atoms with Gasteiger partial charge < -0.3 is 4.57 Å². The number of fused-ring (bicyclic) bond motifs is 1. The molecule has 0 N–H and O–H groups in total. The second kappa shape index (κ2) is 5.09. The Kier molecular flexibility index (Phi) is 3.29. The van der Waals surface area contributed by atoms with Crippen LogP contribution in [0.15, 0.2) is 41.3 Å². The summed E-state index contributed by atoms with van der Waals surface area (Å²) < 4.78 is 3.03. The second-order valence-corrected chi connectivity index (χ2v) is 5.08. The van der Waals surface area contributed by atoms with Gasteiger partial charge in [-0.2, -0.15) is 0 Å². The number of benzene rings is 1. The van der Waals surface area contributed by atoms with E-state index in [0.717, 1.165) is 28.2 Å². The van der Waals surface area contributed by atoms with E-state index in [1.165, 1.54) is 5.52 Å². The standard InChI is InChI=1S/C14H13BrN4/c1-2-19-12-6-4-3-5-11(12)18-14(19)8-10-7-13(15)17-9-16-10/h3-7,9H,2,8H2,1H3. The van der Waals surface area contributed by atoms with E-state index in [9.17, 15) is 0 Å². The molecule has 3 aromatic rings. The van der Waals surface area contributed by atoms with E-state index in [2.05, 4.69) is 43.5 Å². The van der Waals surface area contributed by atoms with E-state index in [1.807, 2.05) is 24.3 Å². The summed E-state index contributed by atoms with van der Waals surface area (Å²) in [5.41, 5.74) is 3.17. The number of nitrogens with zero attached hydrogens (tertiary/aromatic N) is 4. The van der Waals surface area contributed by atoms with E-state index in [4.69, 9.17) is 4.98 Å². The summed E-state index contributed by atoms with van der Waals surface area (Å²) >= 11 is 3.37. The lowest BCUT2D eigenvalue weighted by Gasteiger charge is -2.05. The average Bonchev–Trinajstić information content (AvgIpc) is 2.75. The van der Waals surface area contributed by atoms with Gasteiger partial charge in [-0.25, -0.2) is 15.0 Å². The molecule has 5 heteroatoms. The van der Waals surface area contributed by atoms with Gasteiger partial charge in [-0.3, -0.25) is 0 Å². The third-order valence-corrected chi connectivity index (χ3v) is 3.51. The Labute approximate surface area is 119 Å². The first-order valence-electron chi connectivity index (χ1n) is 6.18. The van der Waals surface area contributed by atoms with Crippen molar-refractivity contribution in [3.8, 4) is 0 Å². The minimum atomic E-state index is 0.712. The van der Waals surface area contributed by atoms with Crippen molar-refractivity contribution in [1.29, 1.82) is 0 Å². The number of aryl methyl sites for hydroxylation is 1. The second-order valence-electron chi connectivity index (χ2n) is 4.27. The fourth-order valence-corrected chi connectivity index (χ4v) is 2.60. The van der Waals surface area contributed by atoms with Gasteiger partial charge in [0.05, 0.1) is 16.7 Å². The van der Waals surface area contributed by atoms with Crippen LogP contribution in [0.3, 0.4) is 0 Å². The number of para-hydroxylation sites is 2. The number of halogens is 1. The van der Waals surface area contributed by atoms with Crippen LogP contribution in [0.4, 0.5) is 0 Å². The summed E-state index contributed by atoms with van der Waals surface area (Å²) in [6, 6.07) is 10.1. The van der Waals surface area contributed by atoms with Crippen LogP contribution in [-0.2, 0) is 13.0 Å². The molecule has 96 valence electrons. The lowest BCUT2D eigenvalue weighted by atomic mass is 10.3. The minimum Gasteiger partial charge on any atom is -0.328 e. The molecule has 0 unspecified atom stereocenters. The Balaban J connectivity index is 2.05. The summed E-state index contributed by atoms with van der Waals surface area (Å²) in [6.07, 6.45) is 2.28. The molecule has 3 rings (SSSR count). The number of rotatable bonds is 3. The highest BCUT2D eigenvalue weighted by atomic mass is 79.9. The average molecular weight is 317 g/mol. The van der Waals surface area contributed by atoms with E-state index in [-0.39, 0.29) is 0 Å². The third kappa shape index (κ3) is 2.38. The van der Waals surface area contributed by atoms with Crippen LogP contribution < -0.4 is 0 Å². The maximum absolute atomic E-state index is 4.70. The topological polar surface area (TPSA) is 43.6 Å². The van der Waals surface area contributed by atoms with Gasteiger partial charge in [-0.1, -0.05) is 12.1 Å². The summed E-state index contributed by atoms with van der Waals surface area (Å²) in [6.45, 7) is 3.04. The predicted molar refractivity (Wildman–Crippen MR) is 77.9 cm³/mol. The molecule has 0 aliphatic carbocycles. The molecule has 0 fully saturated rings. The van der Waals surface area contributed by atoms with Crippen LogP contribution in [0, 0.1) is 0 Å². The highest BCUT2D eigenvalue weighted by Crippen LogP contribution is 2.18. The summed E-state index contributed by atoms with van der Waals surface area (Å²) in [5, 5.41) is 0. The first-order valence-corrected chi connectivity index (χ1v) is 6.98. The molecule has 0 aliphatic rings. The van der Waals surface area contributed by atoms with Crippen molar-refractivity contribution < 1.29 is 0 Å². The molecule has 0 atom stereocenters. The van der Waals surface area contributed by atoms with Crippen molar-refractivity contribution in [3.63, 3.8) is 0 Å². The molecule has 0 aliphatic heterocycles. The van der Waals surface area contributed by atoms with Crippen LogP contribution in [0.1, 0.15) is 18.4 Å². The monoisotopic (exact) mass is 316 g/mol. The molecule has 2 aromatic heterocycles. The summed E-state index contributed by atoms with van der Waals surface area (Å²) in [5.74, 6) is 1.04. The van der Waals surface area contributed by atoms with Crippen LogP contribution >= 0.6 is 15.9 Å². The van der Waals surface area contributed by atoms with Crippen molar-refractivity contribution in [2.45, 2.75) is 19.9 Å². The molecular formula is C14H13BrN4. The van der Waals surface area contributed by atoms with E-state index >= 15 is 0 Å². The molecule has 0 radical (unpaired) electrons. The zero-order valence-electron chi connectivity index (χ0n) is 10.5. The fraction of sp³-hybridized carbons (Fsp3) is 0.214.